The van der Waals surface area contributed by atoms with Gasteiger partial charge in [0, 0.05) is 23.8 Å². The van der Waals surface area contributed by atoms with Crippen molar-refractivity contribution in [2.45, 2.75) is 10.9 Å². The molecule has 1 aliphatic rings. The number of hydrogen-bond acceptors (Lipinski definition) is 6. The summed E-state index contributed by atoms with van der Waals surface area (Å²) in [6, 6.07) is 7.35. The molecule has 0 spiro atoms. The lowest BCUT2D eigenvalue weighted by Crippen LogP contribution is -2.41. The molecular formula is C15H13ClN4O5S. The van der Waals surface area contributed by atoms with Crippen molar-refractivity contribution in [3.63, 3.8) is 0 Å². The van der Waals surface area contributed by atoms with Crippen molar-refractivity contribution in [3.05, 3.63) is 47.6 Å². The van der Waals surface area contributed by atoms with E-state index in [-0.39, 0.29) is 28.1 Å². The van der Waals surface area contributed by atoms with Crippen molar-refractivity contribution in [2.75, 3.05) is 6.54 Å². The van der Waals surface area contributed by atoms with E-state index in [4.69, 9.17) is 16.3 Å². The summed E-state index contributed by atoms with van der Waals surface area (Å²) < 4.78 is 33.0. The maximum Gasteiger partial charge on any atom is 0.322 e. The molecule has 0 radical (unpaired) electrons. The minimum Gasteiger partial charge on any atom is -0.438 e. The number of urea groups is 1. The number of carbonyl (C=O) groups is 2. The van der Waals surface area contributed by atoms with E-state index >= 15 is 0 Å². The van der Waals surface area contributed by atoms with Crippen LogP contribution in [0.3, 0.4) is 0 Å². The van der Waals surface area contributed by atoms with Crippen LogP contribution in [0.5, 0.6) is 11.6 Å². The molecule has 3 amide bonds. The number of ether oxygens (including phenoxy) is 1. The zero-order chi connectivity index (χ0) is 18.7. The van der Waals surface area contributed by atoms with E-state index in [0.717, 1.165) is 0 Å². The number of benzene rings is 1. The summed E-state index contributed by atoms with van der Waals surface area (Å²) in [5.74, 6) is -0.400. The molecule has 1 atom stereocenters. The Morgan fingerprint density at radius 3 is 2.69 bits per heavy atom. The zero-order valence-electron chi connectivity index (χ0n) is 13.1. The van der Waals surface area contributed by atoms with Gasteiger partial charge in [0.2, 0.25) is 15.9 Å². The van der Waals surface area contributed by atoms with Crippen molar-refractivity contribution >= 4 is 33.6 Å². The number of rotatable bonds is 6. The first kappa shape index (κ1) is 18.1. The topological polar surface area (TPSA) is 126 Å². The second-order valence-corrected chi connectivity index (χ2v) is 7.40. The lowest BCUT2D eigenvalue weighted by Gasteiger charge is -2.14. The van der Waals surface area contributed by atoms with Crippen LogP contribution in [0, 0.1) is 0 Å². The predicted octanol–water partition coefficient (Wildman–Crippen LogP) is 1.01. The second-order valence-electron chi connectivity index (χ2n) is 5.23. The Labute approximate surface area is 153 Å². The molecule has 26 heavy (non-hydrogen) atoms. The minimum absolute atomic E-state index is 0.0144. The normalized spacial score (nSPS) is 16.9. The number of sulfonamides is 1. The lowest BCUT2D eigenvalue weighted by atomic mass is 10.3. The van der Waals surface area contributed by atoms with Crippen molar-refractivity contribution < 1.29 is 22.7 Å². The van der Waals surface area contributed by atoms with Crippen LogP contribution >= 0.6 is 11.6 Å². The van der Waals surface area contributed by atoms with Crippen LogP contribution in [0.2, 0.25) is 5.02 Å². The first-order valence-electron chi connectivity index (χ1n) is 7.34. The fourth-order valence-electron chi connectivity index (χ4n) is 2.17. The number of amides is 3. The molecule has 0 aliphatic carbocycles. The largest absolute Gasteiger partial charge is 0.438 e. The Bertz CT molecular complexity index is 952. The van der Waals surface area contributed by atoms with Crippen molar-refractivity contribution in [1.82, 2.24) is 20.3 Å². The van der Waals surface area contributed by atoms with Crippen LogP contribution in [0.1, 0.15) is 0 Å². The molecular weight excluding hydrogens is 384 g/mol. The Kier molecular flexibility index (Phi) is 5.07. The fourth-order valence-corrected chi connectivity index (χ4v) is 3.60. The Balaban J connectivity index is 1.83. The molecule has 1 saturated heterocycles. The molecule has 1 aliphatic heterocycles. The molecule has 1 fully saturated rings. The molecule has 2 heterocycles. The molecule has 9 nitrogen and oxygen atoms in total. The van der Waals surface area contributed by atoms with Gasteiger partial charge in [-0.15, -0.1) is 0 Å². The van der Waals surface area contributed by atoms with Crippen LogP contribution in [0.15, 0.2) is 47.5 Å². The van der Waals surface area contributed by atoms with Gasteiger partial charge in [0.15, 0.2) is 0 Å². The maximum atomic E-state index is 12.6. The van der Waals surface area contributed by atoms with Crippen molar-refractivity contribution in [1.29, 1.82) is 0 Å². The van der Waals surface area contributed by atoms with E-state index in [0.29, 0.717) is 0 Å². The molecule has 0 saturated carbocycles. The van der Waals surface area contributed by atoms with Crippen LogP contribution < -0.4 is 20.1 Å². The highest BCUT2D eigenvalue weighted by molar-refractivity contribution is 7.89. The Morgan fingerprint density at radius 2 is 2.04 bits per heavy atom. The molecule has 1 aromatic heterocycles. The smallest absolute Gasteiger partial charge is 0.322 e. The third kappa shape index (κ3) is 4.10. The van der Waals surface area contributed by atoms with Crippen LogP contribution in [0.25, 0.3) is 0 Å². The van der Waals surface area contributed by atoms with E-state index in [2.05, 4.69) is 15.0 Å². The Hall–Kier alpha value is -2.69. The zero-order valence-corrected chi connectivity index (χ0v) is 14.7. The molecule has 11 heteroatoms. The fraction of sp³-hybridized carbons (Fsp3) is 0.133. The molecule has 3 N–H and O–H groups in total. The van der Waals surface area contributed by atoms with Crippen LogP contribution in [-0.2, 0) is 14.8 Å². The number of pyridine rings is 1. The predicted molar refractivity (Wildman–Crippen MR) is 91.4 cm³/mol. The number of aromatic nitrogens is 1. The van der Waals surface area contributed by atoms with E-state index in [1.165, 1.54) is 24.4 Å². The van der Waals surface area contributed by atoms with E-state index in [1.54, 1.807) is 18.2 Å². The molecule has 1 aromatic carbocycles. The molecule has 136 valence electrons. The number of halogens is 1. The highest BCUT2D eigenvalue weighted by Gasteiger charge is 2.31. The van der Waals surface area contributed by atoms with E-state index in [9.17, 15) is 18.0 Å². The van der Waals surface area contributed by atoms with Gasteiger partial charge in [0.1, 0.15) is 16.7 Å². The van der Waals surface area contributed by atoms with Gasteiger partial charge in [0.25, 0.3) is 5.91 Å². The average Bonchev–Trinajstić information content (AvgIpc) is 2.93. The highest BCUT2D eigenvalue weighted by atomic mass is 35.5. The van der Waals surface area contributed by atoms with Gasteiger partial charge in [-0.2, -0.15) is 0 Å². The first-order valence-corrected chi connectivity index (χ1v) is 9.21. The number of nitrogens with zero attached hydrogens (tertiary/aromatic N) is 1. The van der Waals surface area contributed by atoms with Gasteiger partial charge >= 0.3 is 6.03 Å². The molecule has 3 rings (SSSR count). The standard InChI is InChI=1S/C15H13ClN4O5S/c16-9-4-5-11(25-13-3-1-2-6-17-13)12(7-9)26(23,24)18-8-10-14(21)20-15(22)19-10/h1-7,10,18H,8H2,(H2,19,20,21,22). The summed E-state index contributed by atoms with van der Waals surface area (Å²) in [6.07, 6.45) is 1.50. The number of imide groups is 1. The number of carbonyl (C=O) groups excluding carboxylic acids is 2. The molecule has 0 bridgehead atoms. The van der Waals surface area contributed by atoms with Gasteiger partial charge in [-0.3, -0.25) is 10.1 Å². The van der Waals surface area contributed by atoms with Crippen LogP contribution in [0.4, 0.5) is 4.79 Å². The van der Waals surface area contributed by atoms with Gasteiger partial charge in [0.05, 0.1) is 0 Å². The maximum absolute atomic E-state index is 12.6. The summed E-state index contributed by atoms with van der Waals surface area (Å²) >= 11 is 5.91. The van der Waals surface area contributed by atoms with Gasteiger partial charge in [-0.1, -0.05) is 17.7 Å². The lowest BCUT2D eigenvalue weighted by molar-refractivity contribution is -0.120. The quantitative estimate of drug-likeness (QED) is 0.625. The van der Waals surface area contributed by atoms with Crippen molar-refractivity contribution in [3.8, 4) is 11.6 Å². The van der Waals surface area contributed by atoms with Crippen LogP contribution in [-0.4, -0.2) is 37.9 Å². The summed E-state index contributed by atoms with van der Waals surface area (Å²) in [5.41, 5.74) is 0. The highest BCUT2D eigenvalue weighted by Crippen LogP contribution is 2.30. The molecule has 1 unspecified atom stereocenters. The van der Waals surface area contributed by atoms with Gasteiger partial charge in [-0.25, -0.2) is 22.9 Å². The number of nitrogens with one attached hydrogen (secondary N) is 3. The molecule has 2 aromatic rings. The average molecular weight is 397 g/mol. The summed E-state index contributed by atoms with van der Waals surface area (Å²) in [4.78, 5) is 26.4. The van der Waals surface area contributed by atoms with Gasteiger partial charge < -0.3 is 10.1 Å². The third-order valence-corrected chi connectivity index (χ3v) is 5.06. The van der Waals surface area contributed by atoms with E-state index < -0.39 is 28.0 Å². The summed E-state index contributed by atoms with van der Waals surface area (Å²) in [5, 5.41) is 4.50. The first-order chi connectivity index (χ1) is 12.3. The monoisotopic (exact) mass is 396 g/mol. The second kappa shape index (κ2) is 7.28. The van der Waals surface area contributed by atoms with E-state index in [1.807, 2.05) is 5.32 Å². The Morgan fingerprint density at radius 1 is 1.23 bits per heavy atom. The van der Waals surface area contributed by atoms with Gasteiger partial charge in [-0.05, 0) is 24.3 Å². The SMILES string of the molecule is O=C1NC(=O)C(CNS(=O)(=O)c2cc(Cl)ccc2Oc2ccccn2)N1. The third-order valence-electron chi connectivity index (χ3n) is 3.38. The van der Waals surface area contributed by atoms with Crippen molar-refractivity contribution in [2.24, 2.45) is 0 Å². The minimum atomic E-state index is -4.08. The number of hydrogen-bond donors (Lipinski definition) is 3. The summed E-state index contributed by atoms with van der Waals surface area (Å²) in [6.45, 7) is -0.324. The summed E-state index contributed by atoms with van der Waals surface area (Å²) in [7, 11) is -4.08.